The zero-order valence-corrected chi connectivity index (χ0v) is 12.2. The van der Waals surface area contributed by atoms with E-state index in [0.717, 1.165) is 21.5 Å². The summed E-state index contributed by atoms with van der Waals surface area (Å²) in [6.45, 7) is 5.27. The Labute approximate surface area is 115 Å². The van der Waals surface area contributed by atoms with E-state index in [4.69, 9.17) is 9.47 Å². The molecule has 1 aliphatic heterocycles. The minimum absolute atomic E-state index is 0.0994. The van der Waals surface area contributed by atoms with Gasteiger partial charge in [-0.15, -0.1) is 0 Å². The van der Waals surface area contributed by atoms with E-state index < -0.39 is 0 Å². The number of aliphatic hydroxyl groups excluding tert-OH is 1. The van der Waals surface area contributed by atoms with Gasteiger partial charge in [-0.2, -0.15) is 0 Å². The van der Waals surface area contributed by atoms with E-state index >= 15 is 0 Å². The van der Waals surface area contributed by atoms with Crippen LogP contribution in [-0.4, -0.2) is 24.5 Å². The lowest BCUT2D eigenvalue weighted by molar-refractivity contribution is 0.174. The predicted molar refractivity (Wildman–Crippen MR) is 72.8 cm³/mol. The van der Waals surface area contributed by atoms with E-state index in [1.54, 1.807) is 0 Å². The van der Waals surface area contributed by atoms with Gasteiger partial charge in [-0.25, -0.2) is 0 Å². The third kappa shape index (κ3) is 2.96. The molecule has 4 nitrogen and oxygen atoms in total. The van der Waals surface area contributed by atoms with Gasteiger partial charge >= 0.3 is 0 Å². The normalized spacial score (nSPS) is 15.2. The zero-order chi connectivity index (χ0) is 13.1. The van der Waals surface area contributed by atoms with Gasteiger partial charge in [0, 0.05) is 17.1 Å². The predicted octanol–water partition coefficient (Wildman–Crippen LogP) is 2.28. The van der Waals surface area contributed by atoms with Crippen molar-refractivity contribution < 1.29 is 14.6 Å². The average molecular weight is 316 g/mol. The van der Waals surface area contributed by atoms with E-state index in [1.807, 2.05) is 12.1 Å². The Kier molecular flexibility index (Phi) is 4.48. The van der Waals surface area contributed by atoms with Gasteiger partial charge in [0.2, 0.25) is 6.79 Å². The molecule has 0 aromatic heterocycles. The lowest BCUT2D eigenvalue weighted by Crippen LogP contribution is -2.36. The number of benzene rings is 1. The average Bonchev–Trinajstić information content (AvgIpc) is 2.76. The molecular weight excluding hydrogens is 298 g/mol. The topological polar surface area (TPSA) is 50.7 Å². The molecule has 0 radical (unpaired) electrons. The summed E-state index contributed by atoms with van der Waals surface area (Å²) < 4.78 is 11.6. The summed E-state index contributed by atoms with van der Waals surface area (Å²) in [5.41, 5.74) is 1.10. The van der Waals surface area contributed by atoms with E-state index in [1.165, 1.54) is 0 Å². The number of nitrogens with one attached hydrogen (secondary N) is 1. The number of hydrogen-bond donors (Lipinski definition) is 2. The van der Waals surface area contributed by atoms with Crippen LogP contribution < -0.4 is 14.8 Å². The monoisotopic (exact) mass is 315 g/mol. The molecule has 18 heavy (non-hydrogen) atoms. The van der Waals surface area contributed by atoms with Crippen molar-refractivity contribution in [2.75, 3.05) is 13.4 Å². The summed E-state index contributed by atoms with van der Waals surface area (Å²) >= 11 is 3.52. The second-order valence-electron chi connectivity index (χ2n) is 4.71. The van der Waals surface area contributed by atoms with Crippen LogP contribution in [0.2, 0.25) is 0 Å². The summed E-state index contributed by atoms with van der Waals surface area (Å²) in [5, 5.41) is 12.6. The van der Waals surface area contributed by atoms with Gasteiger partial charge in [0.15, 0.2) is 11.5 Å². The van der Waals surface area contributed by atoms with Crippen LogP contribution in [0.1, 0.15) is 19.4 Å². The van der Waals surface area contributed by atoms with Crippen LogP contribution in [0, 0.1) is 5.92 Å². The van der Waals surface area contributed by atoms with Crippen LogP contribution in [0.3, 0.4) is 0 Å². The Balaban J connectivity index is 2.05. The highest BCUT2D eigenvalue weighted by Crippen LogP contribution is 2.36. The summed E-state index contributed by atoms with van der Waals surface area (Å²) in [6.07, 6.45) is 0. The van der Waals surface area contributed by atoms with Crippen molar-refractivity contribution in [3.8, 4) is 11.5 Å². The lowest BCUT2D eigenvalue weighted by atomic mass is 10.0. The van der Waals surface area contributed by atoms with Gasteiger partial charge in [0.25, 0.3) is 0 Å². The highest BCUT2D eigenvalue weighted by molar-refractivity contribution is 9.10. The Morgan fingerprint density at radius 1 is 1.33 bits per heavy atom. The van der Waals surface area contributed by atoms with Gasteiger partial charge < -0.3 is 19.9 Å². The molecule has 1 heterocycles. The number of aliphatic hydroxyl groups is 1. The summed E-state index contributed by atoms with van der Waals surface area (Å²) in [4.78, 5) is 0. The first kappa shape index (κ1) is 13.6. The van der Waals surface area contributed by atoms with Crippen molar-refractivity contribution in [1.29, 1.82) is 0 Å². The fraction of sp³-hybridized carbons (Fsp3) is 0.538. The van der Waals surface area contributed by atoms with Crippen molar-refractivity contribution in [2.45, 2.75) is 26.4 Å². The van der Waals surface area contributed by atoms with E-state index in [9.17, 15) is 5.11 Å². The molecule has 2 N–H and O–H groups in total. The Morgan fingerprint density at radius 3 is 2.61 bits per heavy atom. The van der Waals surface area contributed by atoms with E-state index in [0.29, 0.717) is 12.5 Å². The molecule has 1 aliphatic rings. The van der Waals surface area contributed by atoms with Gasteiger partial charge in [0.05, 0.1) is 6.61 Å². The molecule has 0 saturated heterocycles. The van der Waals surface area contributed by atoms with Crippen LogP contribution in [-0.2, 0) is 6.54 Å². The van der Waals surface area contributed by atoms with Gasteiger partial charge in [-0.1, -0.05) is 29.8 Å². The van der Waals surface area contributed by atoms with Crippen molar-refractivity contribution in [3.05, 3.63) is 22.2 Å². The standard InChI is InChI=1S/C13H18BrNO3/c1-8(2)11(6-16)15-5-9-3-12-13(4-10(9)14)18-7-17-12/h3-4,8,11,15-16H,5-7H2,1-2H3. The number of halogens is 1. The number of rotatable bonds is 5. The highest BCUT2D eigenvalue weighted by Gasteiger charge is 2.17. The minimum atomic E-state index is 0.0994. The summed E-state index contributed by atoms with van der Waals surface area (Å²) in [5.74, 6) is 1.94. The molecule has 0 fully saturated rings. The smallest absolute Gasteiger partial charge is 0.231 e. The maximum Gasteiger partial charge on any atom is 0.231 e. The van der Waals surface area contributed by atoms with E-state index in [2.05, 4.69) is 35.1 Å². The first-order valence-corrected chi connectivity index (χ1v) is 6.83. The van der Waals surface area contributed by atoms with Crippen LogP contribution in [0.4, 0.5) is 0 Å². The van der Waals surface area contributed by atoms with Crippen LogP contribution in [0.15, 0.2) is 16.6 Å². The molecule has 1 atom stereocenters. The lowest BCUT2D eigenvalue weighted by Gasteiger charge is -2.20. The molecule has 0 bridgehead atoms. The van der Waals surface area contributed by atoms with Crippen molar-refractivity contribution in [1.82, 2.24) is 5.32 Å². The first-order valence-electron chi connectivity index (χ1n) is 6.04. The highest BCUT2D eigenvalue weighted by atomic mass is 79.9. The Morgan fingerprint density at radius 2 is 2.00 bits per heavy atom. The molecular formula is C13H18BrNO3. The Hall–Kier alpha value is -0.780. The number of hydrogen-bond acceptors (Lipinski definition) is 4. The van der Waals surface area contributed by atoms with Crippen molar-refractivity contribution in [2.24, 2.45) is 5.92 Å². The van der Waals surface area contributed by atoms with Crippen LogP contribution >= 0.6 is 15.9 Å². The minimum Gasteiger partial charge on any atom is -0.454 e. The van der Waals surface area contributed by atoms with Crippen LogP contribution in [0.5, 0.6) is 11.5 Å². The molecule has 0 aliphatic carbocycles. The molecule has 2 rings (SSSR count). The molecule has 1 aromatic rings. The fourth-order valence-electron chi connectivity index (χ4n) is 1.85. The molecule has 1 aromatic carbocycles. The molecule has 0 amide bonds. The molecule has 1 unspecified atom stereocenters. The second-order valence-corrected chi connectivity index (χ2v) is 5.57. The summed E-state index contributed by atoms with van der Waals surface area (Å²) in [6, 6.07) is 3.99. The van der Waals surface area contributed by atoms with Gasteiger partial charge in [-0.05, 0) is 23.6 Å². The Bertz CT molecular complexity index is 423. The largest absolute Gasteiger partial charge is 0.454 e. The third-order valence-electron chi connectivity index (χ3n) is 3.10. The van der Waals surface area contributed by atoms with Gasteiger partial charge in [0.1, 0.15) is 0 Å². The quantitative estimate of drug-likeness (QED) is 0.875. The van der Waals surface area contributed by atoms with Crippen molar-refractivity contribution in [3.63, 3.8) is 0 Å². The zero-order valence-electron chi connectivity index (χ0n) is 10.6. The SMILES string of the molecule is CC(C)C(CO)NCc1cc2c(cc1Br)OCO2. The molecule has 0 saturated carbocycles. The fourth-order valence-corrected chi connectivity index (χ4v) is 2.31. The third-order valence-corrected chi connectivity index (χ3v) is 3.84. The number of fused-ring (bicyclic) bond motifs is 1. The molecule has 100 valence electrons. The summed E-state index contributed by atoms with van der Waals surface area (Å²) in [7, 11) is 0. The maximum absolute atomic E-state index is 9.28. The second kappa shape index (κ2) is 5.91. The maximum atomic E-state index is 9.28. The molecule has 5 heteroatoms. The molecule has 0 spiro atoms. The first-order chi connectivity index (χ1) is 8.61. The van der Waals surface area contributed by atoms with E-state index in [-0.39, 0.29) is 19.4 Å². The van der Waals surface area contributed by atoms with Crippen LogP contribution in [0.25, 0.3) is 0 Å². The number of ether oxygens (including phenoxy) is 2. The van der Waals surface area contributed by atoms with Gasteiger partial charge in [-0.3, -0.25) is 0 Å². The van der Waals surface area contributed by atoms with Crippen molar-refractivity contribution >= 4 is 15.9 Å².